The van der Waals surface area contributed by atoms with E-state index >= 15 is 0 Å². The second-order valence-electron chi connectivity index (χ2n) is 8.72. The van der Waals surface area contributed by atoms with Gasteiger partial charge >= 0.3 is 11.9 Å². The van der Waals surface area contributed by atoms with E-state index in [1.165, 1.54) is 11.1 Å². The van der Waals surface area contributed by atoms with Crippen LogP contribution in [0.15, 0.2) is 42.5 Å². The van der Waals surface area contributed by atoms with E-state index < -0.39 is 0 Å². The zero-order valence-electron chi connectivity index (χ0n) is 20.4. The molecular formula is C28H37NO5. The maximum atomic E-state index is 12.2. The van der Waals surface area contributed by atoms with Crippen LogP contribution in [-0.2, 0) is 27.1 Å². The molecule has 6 nitrogen and oxygen atoms in total. The standard InChI is InChI=1S/C28H37NO5/c1-3-33-27(31)14-7-8-18-29(19-17-21-10-5-6-13-26(21)30)25-12-9-11-22-20-23(15-16-24(22)25)28(32)34-4-2/h5-6,10,13,15-16,20,25,30H,3-4,7-9,11-12,14,17-19H2,1-2H3. The third-order valence-corrected chi connectivity index (χ3v) is 6.42. The van der Waals surface area contributed by atoms with Crippen molar-refractivity contribution < 1.29 is 24.2 Å². The molecule has 0 radical (unpaired) electrons. The highest BCUT2D eigenvalue weighted by atomic mass is 16.5. The molecule has 0 fully saturated rings. The quantitative estimate of drug-likeness (QED) is 0.341. The van der Waals surface area contributed by atoms with Gasteiger partial charge in [-0.15, -0.1) is 0 Å². The SMILES string of the molecule is CCOC(=O)CCCCN(CCc1ccccc1O)C1CCCc2cc(C(=O)OCC)ccc21. The predicted octanol–water partition coefficient (Wildman–Crippen LogP) is 5.22. The van der Waals surface area contributed by atoms with Crippen LogP contribution in [0.25, 0.3) is 0 Å². The van der Waals surface area contributed by atoms with Crippen LogP contribution in [0.3, 0.4) is 0 Å². The molecule has 0 saturated heterocycles. The number of nitrogens with zero attached hydrogens (tertiary/aromatic N) is 1. The van der Waals surface area contributed by atoms with Crippen molar-refractivity contribution in [2.45, 2.75) is 64.8 Å². The molecule has 1 atom stereocenters. The van der Waals surface area contributed by atoms with Gasteiger partial charge in [0.1, 0.15) is 5.75 Å². The Labute approximate surface area is 202 Å². The average molecular weight is 468 g/mol. The lowest BCUT2D eigenvalue weighted by atomic mass is 9.85. The molecule has 1 N–H and O–H groups in total. The number of carbonyl (C=O) groups is 2. The maximum Gasteiger partial charge on any atom is 0.338 e. The largest absolute Gasteiger partial charge is 0.508 e. The van der Waals surface area contributed by atoms with Crippen LogP contribution in [0.2, 0.25) is 0 Å². The minimum absolute atomic E-state index is 0.141. The summed E-state index contributed by atoms with van der Waals surface area (Å²) in [5.74, 6) is -0.0894. The van der Waals surface area contributed by atoms with Gasteiger partial charge in [0.15, 0.2) is 0 Å². The summed E-state index contributed by atoms with van der Waals surface area (Å²) < 4.78 is 10.2. The van der Waals surface area contributed by atoms with E-state index in [2.05, 4.69) is 11.0 Å². The van der Waals surface area contributed by atoms with Gasteiger partial charge in [-0.05, 0) is 93.8 Å². The van der Waals surface area contributed by atoms with Gasteiger partial charge in [0.25, 0.3) is 0 Å². The van der Waals surface area contributed by atoms with Crippen molar-refractivity contribution in [1.29, 1.82) is 0 Å². The number of esters is 2. The van der Waals surface area contributed by atoms with Crippen LogP contribution in [0.4, 0.5) is 0 Å². The molecule has 184 valence electrons. The minimum Gasteiger partial charge on any atom is -0.508 e. The number of phenolic OH excluding ortho intramolecular Hbond substituents is 1. The fraction of sp³-hybridized carbons (Fsp3) is 0.500. The highest BCUT2D eigenvalue weighted by Gasteiger charge is 2.27. The van der Waals surface area contributed by atoms with E-state index in [9.17, 15) is 14.7 Å². The van der Waals surface area contributed by atoms with E-state index in [0.717, 1.165) is 57.2 Å². The molecule has 0 saturated carbocycles. The summed E-state index contributed by atoms with van der Waals surface area (Å²) in [7, 11) is 0. The summed E-state index contributed by atoms with van der Waals surface area (Å²) in [6.07, 6.45) is 5.92. The molecular weight excluding hydrogens is 430 g/mol. The number of fused-ring (bicyclic) bond motifs is 1. The van der Waals surface area contributed by atoms with Crippen molar-refractivity contribution in [3.63, 3.8) is 0 Å². The third-order valence-electron chi connectivity index (χ3n) is 6.42. The van der Waals surface area contributed by atoms with Crippen LogP contribution < -0.4 is 0 Å². The van der Waals surface area contributed by atoms with Gasteiger partial charge < -0.3 is 14.6 Å². The normalized spacial score (nSPS) is 15.1. The Hall–Kier alpha value is -2.86. The molecule has 0 heterocycles. The highest BCUT2D eigenvalue weighted by molar-refractivity contribution is 5.89. The van der Waals surface area contributed by atoms with Crippen LogP contribution in [0, 0.1) is 0 Å². The molecule has 1 aliphatic carbocycles. The van der Waals surface area contributed by atoms with Crippen LogP contribution >= 0.6 is 0 Å². The Bertz CT molecular complexity index is 958. The van der Waals surface area contributed by atoms with Crippen molar-refractivity contribution in [2.75, 3.05) is 26.3 Å². The van der Waals surface area contributed by atoms with Crippen LogP contribution in [0.1, 0.15) is 79.0 Å². The number of aryl methyl sites for hydroxylation is 1. The Morgan fingerprint density at radius 3 is 2.59 bits per heavy atom. The fourth-order valence-corrected chi connectivity index (χ4v) is 4.74. The molecule has 0 aromatic heterocycles. The number of para-hydroxylation sites is 1. The molecule has 0 aliphatic heterocycles. The zero-order valence-corrected chi connectivity index (χ0v) is 20.4. The Kier molecular flexibility index (Phi) is 9.95. The predicted molar refractivity (Wildman–Crippen MR) is 132 cm³/mol. The Morgan fingerprint density at radius 2 is 1.82 bits per heavy atom. The number of unbranched alkanes of at least 4 members (excludes halogenated alkanes) is 1. The van der Waals surface area contributed by atoms with E-state index in [4.69, 9.17) is 9.47 Å². The Balaban J connectivity index is 1.74. The molecule has 0 spiro atoms. The first-order valence-corrected chi connectivity index (χ1v) is 12.5. The van der Waals surface area contributed by atoms with Gasteiger partial charge in [-0.2, -0.15) is 0 Å². The van der Waals surface area contributed by atoms with Crippen molar-refractivity contribution >= 4 is 11.9 Å². The summed E-state index contributed by atoms with van der Waals surface area (Å²) in [5.41, 5.74) is 4.02. The minimum atomic E-state index is -0.275. The number of rotatable bonds is 12. The molecule has 1 unspecified atom stereocenters. The summed E-state index contributed by atoms with van der Waals surface area (Å²) in [4.78, 5) is 26.4. The van der Waals surface area contributed by atoms with Gasteiger partial charge in [0, 0.05) is 19.0 Å². The summed E-state index contributed by atoms with van der Waals surface area (Å²) in [5, 5.41) is 10.2. The van der Waals surface area contributed by atoms with Crippen LogP contribution in [0.5, 0.6) is 5.75 Å². The molecule has 6 heteroatoms. The molecule has 34 heavy (non-hydrogen) atoms. The lowest BCUT2D eigenvalue weighted by molar-refractivity contribution is -0.143. The topological polar surface area (TPSA) is 76.1 Å². The molecule has 2 aromatic carbocycles. The second kappa shape index (κ2) is 13.1. The summed E-state index contributed by atoms with van der Waals surface area (Å²) >= 11 is 0. The summed E-state index contributed by atoms with van der Waals surface area (Å²) in [6, 6.07) is 13.7. The maximum absolute atomic E-state index is 12.2. The smallest absolute Gasteiger partial charge is 0.338 e. The van der Waals surface area contributed by atoms with Crippen molar-refractivity contribution in [3.05, 3.63) is 64.7 Å². The zero-order chi connectivity index (χ0) is 24.3. The van der Waals surface area contributed by atoms with Gasteiger partial charge in [-0.25, -0.2) is 4.79 Å². The molecule has 2 aromatic rings. The number of ether oxygens (including phenoxy) is 2. The first-order valence-electron chi connectivity index (χ1n) is 12.5. The molecule has 0 bridgehead atoms. The first-order chi connectivity index (χ1) is 16.5. The fourth-order valence-electron chi connectivity index (χ4n) is 4.74. The van der Waals surface area contributed by atoms with Gasteiger partial charge in [-0.1, -0.05) is 24.3 Å². The number of carbonyl (C=O) groups excluding carboxylic acids is 2. The van der Waals surface area contributed by atoms with E-state index in [1.807, 2.05) is 44.2 Å². The lowest BCUT2D eigenvalue weighted by Gasteiger charge is -2.36. The number of hydrogen-bond donors (Lipinski definition) is 1. The number of phenols is 1. The highest BCUT2D eigenvalue weighted by Crippen LogP contribution is 2.35. The van der Waals surface area contributed by atoms with Crippen LogP contribution in [-0.4, -0.2) is 48.2 Å². The van der Waals surface area contributed by atoms with E-state index in [-0.39, 0.29) is 18.0 Å². The molecule has 1 aliphatic rings. The second-order valence-corrected chi connectivity index (χ2v) is 8.72. The summed E-state index contributed by atoms with van der Waals surface area (Å²) in [6.45, 7) is 6.09. The van der Waals surface area contributed by atoms with E-state index in [0.29, 0.717) is 30.9 Å². The monoisotopic (exact) mass is 467 g/mol. The van der Waals surface area contributed by atoms with Gasteiger partial charge in [0.05, 0.1) is 18.8 Å². The first kappa shape index (κ1) is 25.8. The third kappa shape index (κ3) is 7.07. The van der Waals surface area contributed by atoms with Gasteiger partial charge in [-0.3, -0.25) is 9.69 Å². The number of aromatic hydroxyl groups is 1. The van der Waals surface area contributed by atoms with Crippen molar-refractivity contribution in [1.82, 2.24) is 4.90 Å². The average Bonchev–Trinajstić information content (AvgIpc) is 2.84. The molecule has 0 amide bonds. The van der Waals surface area contributed by atoms with Crippen molar-refractivity contribution in [3.8, 4) is 5.75 Å². The number of benzene rings is 2. The van der Waals surface area contributed by atoms with Crippen molar-refractivity contribution in [2.24, 2.45) is 0 Å². The lowest BCUT2D eigenvalue weighted by Crippen LogP contribution is -2.34. The Morgan fingerprint density at radius 1 is 1.03 bits per heavy atom. The van der Waals surface area contributed by atoms with Gasteiger partial charge in [0.2, 0.25) is 0 Å². The van der Waals surface area contributed by atoms with E-state index in [1.54, 1.807) is 6.07 Å². The number of hydrogen-bond acceptors (Lipinski definition) is 6. The molecule has 3 rings (SSSR count).